The molecule has 2 aromatic heterocycles. The monoisotopic (exact) mass is 746 g/mol. The van der Waals surface area contributed by atoms with Crippen LogP contribution in [0.15, 0.2) is 193 Å². The molecule has 0 spiro atoms. The van der Waals surface area contributed by atoms with Gasteiger partial charge in [-0.05, 0) is 82.6 Å². The number of quaternary nitrogens is 1. The molecule has 3 unspecified atom stereocenters. The summed E-state index contributed by atoms with van der Waals surface area (Å²) >= 11 is 0. The van der Waals surface area contributed by atoms with Crippen molar-refractivity contribution in [1.29, 1.82) is 0 Å². The molecule has 2 aliphatic rings. The Bertz CT molecular complexity index is 3220. The van der Waals surface area contributed by atoms with E-state index in [0.717, 1.165) is 23.5 Å². The van der Waals surface area contributed by atoms with Crippen LogP contribution in [0.5, 0.6) is 0 Å². The van der Waals surface area contributed by atoms with Crippen LogP contribution in [-0.2, 0) is 0 Å². The number of rotatable bonds is 5. The van der Waals surface area contributed by atoms with Crippen LogP contribution in [0.3, 0.4) is 0 Å². The second-order valence-corrected chi connectivity index (χ2v) is 15.7. The van der Waals surface area contributed by atoms with Gasteiger partial charge < -0.3 is 14.5 Å². The van der Waals surface area contributed by atoms with Crippen molar-refractivity contribution in [3.63, 3.8) is 0 Å². The third kappa shape index (κ3) is 5.24. The van der Waals surface area contributed by atoms with E-state index in [1.165, 1.54) is 76.6 Å². The zero-order valence-corrected chi connectivity index (χ0v) is 31.8. The SMILES string of the molecule is C1=Cc2c(n(-c3ccc(C4NC(c5ccc6ccccc6c5)=NC(c5ccccc5)[NH2+]4)cc3)c3cc4ccccc4cc23)C(n2c3ccccc3c3ccccc32)C1. The highest BCUT2D eigenvalue weighted by Crippen LogP contribution is 2.44. The quantitative estimate of drug-likeness (QED) is 0.181. The Labute approximate surface area is 336 Å². The number of nitrogens with one attached hydrogen (secondary N) is 1. The fourth-order valence-corrected chi connectivity index (χ4v) is 9.69. The topological polar surface area (TPSA) is 50.9 Å². The van der Waals surface area contributed by atoms with E-state index in [-0.39, 0.29) is 18.4 Å². The average Bonchev–Trinajstić information content (AvgIpc) is 3.81. The summed E-state index contributed by atoms with van der Waals surface area (Å²) in [4.78, 5) is 5.28. The molecule has 0 saturated heterocycles. The molecule has 0 fully saturated rings. The lowest BCUT2D eigenvalue weighted by molar-refractivity contribution is -0.739. The Balaban J connectivity index is 1.00. The van der Waals surface area contributed by atoms with Crippen molar-refractivity contribution < 1.29 is 5.32 Å². The Morgan fingerprint density at radius 1 is 0.534 bits per heavy atom. The maximum atomic E-state index is 5.28. The summed E-state index contributed by atoms with van der Waals surface area (Å²) in [6, 6.07) is 66.5. The van der Waals surface area contributed by atoms with Crippen molar-refractivity contribution in [3.8, 4) is 5.69 Å². The summed E-state index contributed by atoms with van der Waals surface area (Å²) in [5, 5.41) is 15.0. The first kappa shape index (κ1) is 33.0. The number of nitrogens with zero attached hydrogens (tertiary/aromatic N) is 3. The molecule has 0 saturated carbocycles. The third-order valence-electron chi connectivity index (χ3n) is 12.4. The Hall–Kier alpha value is -7.21. The first-order valence-electron chi connectivity index (χ1n) is 20.3. The fourth-order valence-electron chi connectivity index (χ4n) is 9.69. The summed E-state index contributed by atoms with van der Waals surface area (Å²) in [6.07, 6.45) is 5.52. The maximum Gasteiger partial charge on any atom is 0.209 e. The Morgan fingerprint density at radius 3 is 1.91 bits per heavy atom. The van der Waals surface area contributed by atoms with Crippen molar-refractivity contribution >= 4 is 66.2 Å². The van der Waals surface area contributed by atoms with Gasteiger partial charge in [0.1, 0.15) is 5.84 Å². The van der Waals surface area contributed by atoms with Crippen LogP contribution in [0.4, 0.5) is 0 Å². The molecule has 0 amide bonds. The van der Waals surface area contributed by atoms with E-state index in [4.69, 9.17) is 4.99 Å². The normalized spacial score (nSPS) is 17.9. The van der Waals surface area contributed by atoms with Crippen molar-refractivity contribution in [2.45, 2.75) is 24.8 Å². The number of benzene rings is 8. The van der Waals surface area contributed by atoms with Crippen LogP contribution < -0.4 is 10.6 Å². The molecule has 5 heteroatoms. The second-order valence-electron chi connectivity index (χ2n) is 15.7. The molecule has 3 N–H and O–H groups in total. The molecule has 3 heterocycles. The van der Waals surface area contributed by atoms with Gasteiger partial charge in [-0.2, -0.15) is 0 Å². The van der Waals surface area contributed by atoms with Crippen LogP contribution >= 0.6 is 0 Å². The largest absolute Gasteiger partial charge is 0.331 e. The van der Waals surface area contributed by atoms with Crippen molar-refractivity contribution in [2.75, 3.05) is 0 Å². The van der Waals surface area contributed by atoms with Gasteiger partial charge in [0.2, 0.25) is 6.17 Å². The molecule has 0 bridgehead atoms. The number of amidine groups is 1. The van der Waals surface area contributed by atoms with Gasteiger partial charge in [-0.15, -0.1) is 0 Å². The number of allylic oxidation sites excluding steroid dienone is 1. The highest BCUT2D eigenvalue weighted by Gasteiger charge is 2.32. The molecule has 8 aromatic carbocycles. The van der Waals surface area contributed by atoms with E-state index < -0.39 is 0 Å². The molecule has 3 atom stereocenters. The Morgan fingerprint density at radius 2 is 1.17 bits per heavy atom. The predicted molar refractivity (Wildman–Crippen MR) is 239 cm³/mol. The van der Waals surface area contributed by atoms with Gasteiger partial charge in [-0.1, -0.05) is 140 Å². The first-order chi connectivity index (χ1) is 28.7. The highest BCUT2D eigenvalue weighted by atomic mass is 15.3. The van der Waals surface area contributed by atoms with E-state index >= 15 is 0 Å². The van der Waals surface area contributed by atoms with E-state index in [0.29, 0.717) is 0 Å². The number of fused-ring (bicyclic) bond motifs is 8. The van der Waals surface area contributed by atoms with E-state index in [2.05, 4.69) is 214 Å². The lowest BCUT2D eigenvalue weighted by Crippen LogP contribution is -2.90. The molecule has 1 aliphatic carbocycles. The van der Waals surface area contributed by atoms with Gasteiger partial charge in [0.15, 0.2) is 6.17 Å². The van der Waals surface area contributed by atoms with Gasteiger partial charge >= 0.3 is 0 Å². The van der Waals surface area contributed by atoms with Crippen LogP contribution in [0.1, 0.15) is 52.7 Å². The fraction of sp³-hybridized carbons (Fsp3) is 0.0755. The van der Waals surface area contributed by atoms with Gasteiger partial charge in [-0.3, -0.25) is 5.32 Å². The van der Waals surface area contributed by atoms with Crippen molar-refractivity contribution in [2.24, 2.45) is 4.99 Å². The summed E-state index contributed by atoms with van der Waals surface area (Å²) in [6.45, 7) is 0. The minimum absolute atomic E-state index is 0.0363. The number of para-hydroxylation sites is 2. The van der Waals surface area contributed by atoms with Crippen LogP contribution in [0, 0.1) is 0 Å². The molecule has 5 nitrogen and oxygen atoms in total. The minimum Gasteiger partial charge on any atom is -0.331 e. The molecule has 0 radical (unpaired) electrons. The molecule has 12 rings (SSSR count). The predicted octanol–water partition coefficient (Wildman–Crippen LogP) is 11.4. The third-order valence-corrected chi connectivity index (χ3v) is 12.4. The van der Waals surface area contributed by atoms with E-state index in [9.17, 15) is 0 Å². The second kappa shape index (κ2) is 13.2. The summed E-state index contributed by atoms with van der Waals surface area (Å²) in [5.41, 5.74) is 11.0. The van der Waals surface area contributed by atoms with E-state index in [1.807, 2.05) is 0 Å². The van der Waals surface area contributed by atoms with Crippen LogP contribution in [0.2, 0.25) is 0 Å². The summed E-state index contributed by atoms with van der Waals surface area (Å²) in [5.74, 6) is 0.911. The highest BCUT2D eigenvalue weighted by molar-refractivity contribution is 6.09. The first-order valence-corrected chi connectivity index (χ1v) is 20.3. The number of hydrogen-bond donors (Lipinski definition) is 2. The molecular weight excluding hydrogens is 707 g/mol. The molecule has 1 aliphatic heterocycles. The van der Waals surface area contributed by atoms with Gasteiger partial charge in [0.05, 0.1) is 17.3 Å². The number of hydrogen-bond acceptors (Lipinski definition) is 2. The zero-order chi connectivity index (χ0) is 38.2. The molecular formula is C53H40N5+. The smallest absolute Gasteiger partial charge is 0.209 e. The zero-order valence-electron chi connectivity index (χ0n) is 31.8. The molecule has 58 heavy (non-hydrogen) atoms. The number of nitrogens with two attached hydrogens (primary N) is 1. The lowest BCUT2D eigenvalue weighted by atomic mass is 9.96. The number of aliphatic imine (C=N–C) groups is 1. The van der Waals surface area contributed by atoms with Crippen LogP contribution in [-0.4, -0.2) is 15.0 Å². The van der Waals surface area contributed by atoms with Crippen LogP contribution in [0.25, 0.3) is 66.0 Å². The van der Waals surface area contributed by atoms with Crippen molar-refractivity contribution in [3.05, 3.63) is 216 Å². The van der Waals surface area contributed by atoms with E-state index in [1.54, 1.807) is 0 Å². The van der Waals surface area contributed by atoms with Gasteiger partial charge in [-0.25, -0.2) is 4.99 Å². The number of aromatic nitrogens is 2. The van der Waals surface area contributed by atoms with Gasteiger partial charge in [0, 0.05) is 55.1 Å². The maximum absolute atomic E-state index is 5.28. The Kier molecular flexibility index (Phi) is 7.50. The molecule has 10 aromatic rings. The average molecular weight is 747 g/mol. The lowest BCUT2D eigenvalue weighted by Gasteiger charge is -2.29. The minimum atomic E-state index is -0.0824. The van der Waals surface area contributed by atoms with Crippen molar-refractivity contribution in [1.82, 2.24) is 14.5 Å². The summed E-state index contributed by atoms with van der Waals surface area (Å²) < 4.78 is 5.14. The summed E-state index contributed by atoms with van der Waals surface area (Å²) in [7, 11) is 0. The van der Waals surface area contributed by atoms with Gasteiger partial charge in [0.25, 0.3) is 0 Å². The standard InChI is InChI=1S/C53H39N5/c1-2-14-35(15-3-1)51-54-52(56-53(55-51)40-26-25-34-13-4-5-16-37(34)31-40)36-27-29-41(30-28-36)57-49-33-39-18-7-6-17-38(39)32-45(49)44-21-12-24-48(50(44)57)58-46-22-10-8-19-42(46)43-20-9-11-23-47(43)58/h1-23,25-33,48,51-52,54H,24H2,(H,55,56)/p+1. The molecule has 276 valence electrons.